The van der Waals surface area contributed by atoms with Crippen molar-refractivity contribution in [2.45, 2.75) is 13.0 Å². The van der Waals surface area contributed by atoms with E-state index >= 15 is 0 Å². The Kier molecular flexibility index (Phi) is 4.91. The summed E-state index contributed by atoms with van der Waals surface area (Å²) in [5, 5.41) is 0.534. The van der Waals surface area contributed by atoms with Gasteiger partial charge in [0.1, 0.15) is 17.2 Å². The van der Waals surface area contributed by atoms with Gasteiger partial charge in [-0.3, -0.25) is 0 Å². The van der Waals surface area contributed by atoms with Gasteiger partial charge in [-0.25, -0.2) is 0 Å². The largest absolute Gasteiger partial charge is 0.496 e. The highest BCUT2D eigenvalue weighted by atomic mass is 79.9. The van der Waals surface area contributed by atoms with Crippen LogP contribution in [0.1, 0.15) is 18.5 Å². The van der Waals surface area contributed by atoms with Gasteiger partial charge in [-0.05, 0) is 37.3 Å². The molecule has 2 rings (SSSR count). The van der Waals surface area contributed by atoms with E-state index in [1.54, 1.807) is 13.2 Å². The lowest BCUT2D eigenvalue weighted by Crippen LogP contribution is -2.08. The molecule has 106 valence electrons. The molecule has 0 aliphatic rings. The van der Waals surface area contributed by atoms with Gasteiger partial charge in [0.05, 0.1) is 17.7 Å². The maximum absolute atomic E-state index is 6.14. The summed E-state index contributed by atoms with van der Waals surface area (Å²) in [6.07, 6.45) is 0. The molecule has 0 saturated carbocycles. The van der Waals surface area contributed by atoms with Gasteiger partial charge in [0.2, 0.25) is 0 Å². The molecule has 1 atom stereocenters. The van der Waals surface area contributed by atoms with E-state index in [4.69, 9.17) is 26.8 Å². The highest BCUT2D eigenvalue weighted by molar-refractivity contribution is 9.10. The van der Waals surface area contributed by atoms with E-state index in [1.807, 2.05) is 37.3 Å². The Hall–Kier alpha value is -1.23. The van der Waals surface area contributed by atoms with Crippen LogP contribution in [-0.2, 0) is 0 Å². The Balaban J connectivity index is 2.45. The molecule has 3 nitrogen and oxygen atoms in total. The highest BCUT2D eigenvalue weighted by Gasteiger charge is 2.16. The molecule has 0 saturated heterocycles. The molecule has 0 unspecified atom stereocenters. The molecular formula is C15H15BrClNO2. The SMILES string of the molecule is COc1cccc(Oc2cc(Br)ccc2Cl)c1[C@@H](C)N. The fourth-order valence-electron chi connectivity index (χ4n) is 1.91. The van der Waals surface area contributed by atoms with Crippen molar-refractivity contribution in [3.05, 3.63) is 51.5 Å². The fourth-order valence-corrected chi connectivity index (χ4v) is 2.41. The summed E-state index contributed by atoms with van der Waals surface area (Å²) in [6.45, 7) is 1.88. The smallest absolute Gasteiger partial charge is 0.147 e. The number of ether oxygens (including phenoxy) is 2. The van der Waals surface area contributed by atoms with E-state index in [0.717, 1.165) is 10.0 Å². The fraction of sp³-hybridized carbons (Fsp3) is 0.200. The van der Waals surface area contributed by atoms with Crippen molar-refractivity contribution < 1.29 is 9.47 Å². The topological polar surface area (TPSA) is 44.5 Å². The van der Waals surface area contributed by atoms with Crippen LogP contribution >= 0.6 is 27.5 Å². The number of benzene rings is 2. The van der Waals surface area contributed by atoms with Crippen molar-refractivity contribution >= 4 is 27.5 Å². The predicted octanol–water partition coefficient (Wildman–Crippen LogP) is 4.92. The van der Waals surface area contributed by atoms with Gasteiger partial charge in [0.15, 0.2) is 0 Å². The minimum atomic E-state index is -0.216. The summed E-state index contributed by atoms with van der Waals surface area (Å²) < 4.78 is 12.1. The molecule has 5 heteroatoms. The lowest BCUT2D eigenvalue weighted by atomic mass is 10.1. The molecule has 20 heavy (non-hydrogen) atoms. The standard InChI is InChI=1S/C15H15BrClNO2/c1-9(18)15-12(19-2)4-3-5-13(15)20-14-8-10(16)6-7-11(14)17/h3-9H,18H2,1-2H3/t9-/m1/s1. The summed E-state index contributed by atoms with van der Waals surface area (Å²) >= 11 is 9.54. The Morgan fingerprint density at radius 2 is 1.85 bits per heavy atom. The average Bonchev–Trinajstić information content (AvgIpc) is 2.42. The zero-order valence-corrected chi connectivity index (χ0v) is 13.5. The summed E-state index contributed by atoms with van der Waals surface area (Å²) in [7, 11) is 1.61. The van der Waals surface area contributed by atoms with Crippen molar-refractivity contribution in [1.82, 2.24) is 0 Å². The number of hydrogen-bond acceptors (Lipinski definition) is 3. The molecule has 0 radical (unpaired) electrons. The molecule has 2 aromatic carbocycles. The first-order valence-electron chi connectivity index (χ1n) is 6.08. The molecule has 0 fully saturated rings. The van der Waals surface area contributed by atoms with Crippen molar-refractivity contribution in [2.24, 2.45) is 5.73 Å². The van der Waals surface area contributed by atoms with Gasteiger partial charge < -0.3 is 15.2 Å². The average molecular weight is 357 g/mol. The van der Waals surface area contributed by atoms with Crippen LogP contribution in [-0.4, -0.2) is 7.11 Å². The Bertz CT molecular complexity index is 617. The van der Waals surface area contributed by atoms with Crippen LogP contribution in [0.5, 0.6) is 17.2 Å². The van der Waals surface area contributed by atoms with E-state index in [1.165, 1.54) is 0 Å². The van der Waals surface area contributed by atoms with Gasteiger partial charge in [0, 0.05) is 10.5 Å². The Morgan fingerprint density at radius 1 is 1.15 bits per heavy atom. The number of methoxy groups -OCH3 is 1. The second-order valence-electron chi connectivity index (χ2n) is 4.34. The van der Waals surface area contributed by atoms with Gasteiger partial charge in [0.25, 0.3) is 0 Å². The van der Waals surface area contributed by atoms with Crippen LogP contribution in [0, 0.1) is 0 Å². The predicted molar refractivity (Wildman–Crippen MR) is 84.8 cm³/mol. The minimum Gasteiger partial charge on any atom is -0.496 e. The minimum absolute atomic E-state index is 0.216. The molecule has 0 spiro atoms. The summed E-state index contributed by atoms with van der Waals surface area (Å²) in [5.74, 6) is 1.90. The van der Waals surface area contributed by atoms with Gasteiger partial charge in [-0.1, -0.05) is 33.6 Å². The number of rotatable bonds is 4. The van der Waals surface area contributed by atoms with E-state index in [9.17, 15) is 0 Å². The highest BCUT2D eigenvalue weighted by Crippen LogP contribution is 2.38. The summed E-state index contributed by atoms with van der Waals surface area (Å²) in [5.41, 5.74) is 6.82. The third-order valence-corrected chi connectivity index (χ3v) is 3.62. The zero-order valence-electron chi connectivity index (χ0n) is 11.2. The lowest BCUT2D eigenvalue weighted by molar-refractivity contribution is 0.397. The molecule has 0 bridgehead atoms. The second kappa shape index (κ2) is 6.48. The first-order valence-corrected chi connectivity index (χ1v) is 7.25. The molecule has 2 N–H and O–H groups in total. The molecule has 0 heterocycles. The molecule has 0 aliphatic carbocycles. The van der Waals surface area contributed by atoms with Crippen molar-refractivity contribution in [1.29, 1.82) is 0 Å². The van der Waals surface area contributed by atoms with Crippen molar-refractivity contribution in [3.8, 4) is 17.2 Å². The van der Waals surface area contributed by atoms with Crippen LogP contribution in [0.25, 0.3) is 0 Å². The van der Waals surface area contributed by atoms with Gasteiger partial charge >= 0.3 is 0 Å². The summed E-state index contributed by atoms with van der Waals surface area (Å²) in [6, 6.07) is 10.8. The molecule has 0 amide bonds. The maximum Gasteiger partial charge on any atom is 0.147 e. The Morgan fingerprint density at radius 3 is 2.50 bits per heavy atom. The summed E-state index contributed by atoms with van der Waals surface area (Å²) in [4.78, 5) is 0. The molecule has 0 aliphatic heterocycles. The molecule has 2 aromatic rings. The van der Waals surface area contributed by atoms with E-state index in [-0.39, 0.29) is 6.04 Å². The monoisotopic (exact) mass is 355 g/mol. The van der Waals surface area contributed by atoms with Crippen LogP contribution in [0.2, 0.25) is 5.02 Å². The van der Waals surface area contributed by atoms with E-state index < -0.39 is 0 Å². The third kappa shape index (κ3) is 3.26. The molecule has 0 aromatic heterocycles. The van der Waals surface area contributed by atoms with Crippen LogP contribution in [0.15, 0.2) is 40.9 Å². The quantitative estimate of drug-likeness (QED) is 0.845. The maximum atomic E-state index is 6.14. The number of hydrogen-bond donors (Lipinski definition) is 1. The van der Waals surface area contributed by atoms with Crippen molar-refractivity contribution in [3.63, 3.8) is 0 Å². The first kappa shape index (κ1) is 15.2. The number of halogens is 2. The van der Waals surface area contributed by atoms with Gasteiger partial charge in [-0.2, -0.15) is 0 Å². The van der Waals surface area contributed by atoms with Crippen LogP contribution < -0.4 is 15.2 Å². The second-order valence-corrected chi connectivity index (χ2v) is 5.66. The van der Waals surface area contributed by atoms with E-state index in [2.05, 4.69) is 15.9 Å². The van der Waals surface area contributed by atoms with Crippen LogP contribution in [0.4, 0.5) is 0 Å². The van der Waals surface area contributed by atoms with Crippen molar-refractivity contribution in [2.75, 3.05) is 7.11 Å². The third-order valence-electron chi connectivity index (χ3n) is 2.81. The molecular weight excluding hydrogens is 342 g/mol. The lowest BCUT2D eigenvalue weighted by Gasteiger charge is -2.17. The van der Waals surface area contributed by atoms with E-state index in [0.29, 0.717) is 22.3 Å². The van der Waals surface area contributed by atoms with Crippen LogP contribution in [0.3, 0.4) is 0 Å². The normalized spacial score (nSPS) is 12.1. The number of nitrogens with two attached hydrogens (primary N) is 1. The zero-order chi connectivity index (χ0) is 14.7. The van der Waals surface area contributed by atoms with Gasteiger partial charge in [-0.15, -0.1) is 0 Å². The Labute approximate surface area is 131 Å². The first-order chi connectivity index (χ1) is 9.52.